The molecule has 0 radical (unpaired) electrons. The number of hydrogen-bond acceptors (Lipinski definition) is 7. The summed E-state index contributed by atoms with van der Waals surface area (Å²) in [6.07, 6.45) is 1.43. The van der Waals surface area contributed by atoms with Crippen LogP contribution < -0.4 is 5.56 Å². The van der Waals surface area contributed by atoms with Gasteiger partial charge in [-0.15, -0.1) is 0 Å². The van der Waals surface area contributed by atoms with Crippen molar-refractivity contribution in [2.45, 2.75) is 0 Å². The molecule has 1 aliphatic heterocycles. The van der Waals surface area contributed by atoms with Crippen molar-refractivity contribution in [1.29, 1.82) is 0 Å². The lowest BCUT2D eigenvalue weighted by Gasteiger charge is -2.34. The minimum atomic E-state index is -0.803. The Kier molecular flexibility index (Phi) is 5.29. The van der Waals surface area contributed by atoms with Crippen molar-refractivity contribution in [3.05, 3.63) is 64.5 Å². The van der Waals surface area contributed by atoms with Gasteiger partial charge in [-0.2, -0.15) is 5.10 Å². The van der Waals surface area contributed by atoms with Gasteiger partial charge in [-0.25, -0.2) is 9.89 Å². The van der Waals surface area contributed by atoms with E-state index in [1.807, 2.05) is 0 Å². The molecule has 154 valence electrons. The van der Waals surface area contributed by atoms with Crippen LogP contribution in [0.5, 0.6) is 0 Å². The molecule has 2 amide bonds. The van der Waals surface area contributed by atoms with E-state index in [1.165, 1.54) is 11.2 Å². The highest BCUT2D eigenvalue weighted by Crippen LogP contribution is 2.14. The molecule has 0 atom stereocenters. The monoisotopic (exact) mass is 410 g/mol. The quantitative estimate of drug-likeness (QED) is 0.626. The second kappa shape index (κ2) is 8.19. The number of hydrogen-bond donors (Lipinski definition) is 1. The molecule has 0 saturated carbocycles. The van der Waals surface area contributed by atoms with Gasteiger partial charge in [-0.1, -0.05) is 18.2 Å². The standard InChI is InChI=1S/C20H18N4O6/c25-16(23-7-9-24(10-8-23)19(27)15-6-3-11-29-15)12-30-20(28)17-13-4-1-2-5-14(13)18(26)22-21-17/h1-6,11H,7-10,12H2,(H,22,26). The molecule has 3 heterocycles. The second-order valence-electron chi connectivity index (χ2n) is 6.67. The SMILES string of the molecule is O=C(OCC(=O)N1CCN(C(=O)c2ccco2)CC1)c1n[nH]c(=O)c2ccccc12. The average molecular weight is 410 g/mol. The Morgan fingerprint density at radius 2 is 1.70 bits per heavy atom. The van der Waals surface area contributed by atoms with Gasteiger partial charge in [0.25, 0.3) is 17.4 Å². The lowest BCUT2D eigenvalue weighted by molar-refractivity contribution is -0.136. The van der Waals surface area contributed by atoms with Crippen molar-refractivity contribution in [3.8, 4) is 0 Å². The number of benzene rings is 1. The van der Waals surface area contributed by atoms with Crippen molar-refractivity contribution < 1.29 is 23.5 Å². The Bertz CT molecular complexity index is 1150. The zero-order valence-corrected chi connectivity index (χ0v) is 15.9. The fourth-order valence-corrected chi connectivity index (χ4v) is 3.27. The molecule has 4 rings (SSSR count). The summed E-state index contributed by atoms with van der Waals surface area (Å²) in [6, 6.07) is 9.74. The van der Waals surface area contributed by atoms with Crippen LogP contribution in [0.15, 0.2) is 51.9 Å². The van der Waals surface area contributed by atoms with E-state index < -0.39 is 18.1 Å². The maximum atomic E-state index is 12.4. The minimum absolute atomic E-state index is 0.0631. The van der Waals surface area contributed by atoms with Crippen LogP contribution in [-0.4, -0.2) is 70.6 Å². The van der Waals surface area contributed by atoms with Crippen molar-refractivity contribution >= 4 is 28.6 Å². The van der Waals surface area contributed by atoms with E-state index in [0.717, 1.165) is 0 Å². The Hall–Kier alpha value is -3.95. The summed E-state index contributed by atoms with van der Waals surface area (Å²) >= 11 is 0. The fourth-order valence-electron chi connectivity index (χ4n) is 3.27. The van der Waals surface area contributed by atoms with Gasteiger partial charge in [0.1, 0.15) is 0 Å². The van der Waals surface area contributed by atoms with Gasteiger partial charge in [-0.05, 0) is 18.2 Å². The number of piperazine rings is 1. The summed E-state index contributed by atoms with van der Waals surface area (Å²) in [5, 5.41) is 6.67. The van der Waals surface area contributed by atoms with Gasteiger partial charge < -0.3 is 19.0 Å². The van der Waals surface area contributed by atoms with Crippen LogP contribution in [0.1, 0.15) is 21.0 Å². The smallest absolute Gasteiger partial charge is 0.359 e. The molecular weight excluding hydrogens is 392 g/mol. The predicted molar refractivity (Wildman–Crippen MR) is 104 cm³/mol. The molecule has 0 spiro atoms. The number of aromatic amines is 1. The van der Waals surface area contributed by atoms with Gasteiger partial charge >= 0.3 is 5.97 Å². The zero-order chi connectivity index (χ0) is 21.1. The highest BCUT2D eigenvalue weighted by atomic mass is 16.5. The summed E-state index contributed by atoms with van der Waals surface area (Å²) < 4.78 is 10.2. The van der Waals surface area contributed by atoms with Crippen molar-refractivity contribution in [3.63, 3.8) is 0 Å². The molecule has 0 aliphatic carbocycles. The van der Waals surface area contributed by atoms with Crippen LogP contribution in [0.4, 0.5) is 0 Å². The number of furan rings is 1. The number of fused-ring (bicyclic) bond motifs is 1. The van der Waals surface area contributed by atoms with Gasteiger partial charge in [0, 0.05) is 31.6 Å². The number of ether oxygens (including phenoxy) is 1. The Morgan fingerprint density at radius 1 is 1.00 bits per heavy atom. The molecule has 10 nitrogen and oxygen atoms in total. The van der Waals surface area contributed by atoms with Crippen LogP contribution in [0.3, 0.4) is 0 Å². The molecule has 10 heteroatoms. The Morgan fingerprint density at radius 3 is 2.40 bits per heavy atom. The summed E-state index contributed by atoms with van der Waals surface area (Å²) in [5.41, 5.74) is -0.480. The average Bonchev–Trinajstić information content (AvgIpc) is 3.32. The second-order valence-corrected chi connectivity index (χ2v) is 6.67. The molecule has 0 unspecified atom stereocenters. The highest BCUT2D eigenvalue weighted by Gasteiger charge is 2.27. The fraction of sp³-hybridized carbons (Fsp3) is 0.250. The number of esters is 1. The summed E-state index contributed by atoms with van der Waals surface area (Å²) in [5.74, 6) is -1.15. The molecule has 3 aromatic rings. The lowest BCUT2D eigenvalue weighted by Crippen LogP contribution is -2.51. The Balaban J connectivity index is 1.33. The Labute approximate surface area is 170 Å². The number of amides is 2. The zero-order valence-electron chi connectivity index (χ0n) is 15.9. The molecule has 1 aromatic carbocycles. The number of carbonyl (C=O) groups excluding carboxylic acids is 3. The van der Waals surface area contributed by atoms with Gasteiger partial charge in [0.05, 0.1) is 11.6 Å². The third-order valence-electron chi connectivity index (χ3n) is 4.87. The van der Waals surface area contributed by atoms with Gasteiger partial charge in [0.2, 0.25) is 0 Å². The first kappa shape index (κ1) is 19.4. The lowest BCUT2D eigenvalue weighted by atomic mass is 10.1. The van der Waals surface area contributed by atoms with Crippen LogP contribution >= 0.6 is 0 Å². The normalized spacial score (nSPS) is 14.0. The van der Waals surface area contributed by atoms with Gasteiger partial charge in [0.15, 0.2) is 18.1 Å². The van der Waals surface area contributed by atoms with E-state index in [2.05, 4.69) is 10.2 Å². The first-order chi connectivity index (χ1) is 14.5. The molecule has 30 heavy (non-hydrogen) atoms. The first-order valence-electron chi connectivity index (χ1n) is 9.29. The summed E-state index contributed by atoms with van der Waals surface area (Å²) in [6.45, 7) is 0.891. The van der Waals surface area contributed by atoms with E-state index in [1.54, 1.807) is 41.3 Å². The van der Waals surface area contributed by atoms with E-state index in [0.29, 0.717) is 37.0 Å². The maximum Gasteiger partial charge on any atom is 0.359 e. The number of nitrogens with one attached hydrogen (secondary N) is 1. The van der Waals surface area contributed by atoms with E-state index >= 15 is 0 Å². The van der Waals surface area contributed by atoms with Crippen LogP contribution in [-0.2, 0) is 9.53 Å². The number of rotatable bonds is 4. The van der Waals surface area contributed by atoms with E-state index in [4.69, 9.17) is 9.15 Å². The minimum Gasteiger partial charge on any atom is -0.459 e. The van der Waals surface area contributed by atoms with Crippen LogP contribution in [0.2, 0.25) is 0 Å². The molecule has 0 bridgehead atoms. The van der Waals surface area contributed by atoms with Crippen molar-refractivity contribution in [1.82, 2.24) is 20.0 Å². The van der Waals surface area contributed by atoms with E-state index in [-0.39, 0.29) is 23.3 Å². The largest absolute Gasteiger partial charge is 0.459 e. The van der Waals surface area contributed by atoms with Crippen molar-refractivity contribution in [2.75, 3.05) is 32.8 Å². The molecule has 1 aliphatic rings. The third-order valence-corrected chi connectivity index (χ3v) is 4.87. The number of aromatic nitrogens is 2. The predicted octanol–water partition coefficient (Wildman–Crippen LogP) is 0.657. The molecule has 1 fully saturated rings. The van der Waals surface area contributed by atoms with Crippen LogP contribution in [0, 0.1) is 0 Å². The third kappa shape index (κ3) is 3.79. The van der Waals surface area contributed by atoms with Gasteiger partial charge in [-0.3, -0.25) is 14.4 Å². The number of nitrogens with zero attached hydrogens (tertiary/aromatic N) is 3. The maximum absolute atomic E-state index is 12.4. The molecular formula is C20H18N4O6. The van der Waals surface area contributed by atoms with Crippen molar-refractivity contribution in [2.24, 2.45) is 0 Å². The number of carbonyl (C=O) groups is 3. The van der Waals surface area contributed by atoms with E-state index in [9.17, 15) is 19.2 Å². The molecule has 1 saturated heterocycles. The van der Waals surface area contributed by atoms with Crippen LogP contribution in [0.25, 0.3) is 10.8 Å². The summed E-state index contributed by atoms with van der Waals surface area (Å²) in [7, 11) is 0. The first-order valence-corrected chi connectivity index (χ1v) is 9.29. The highest BCUT2D eigenvalue weighted by molar-refractivity contribution is 6.02. The molecule has 1 N–H and O–H groups in total. The topological polar surface area (TPSA) is 126 Å². The summed E-state index contributed by atoms with van der Waals surface area (Å²) in [4.78, 5) is 52.0. The molecule has 2 aromatic heterocycles. The number of H-pyrrole nitrogens is 1.